The molecule has 2 rings (SSSR count). The fourth-order valence-electron chi connectivity index (χ4n) is 1.57. The van der Waals surface area contributed by atoms with Crippen molar-refractivity contribution >= 4 is 31.6 Å². The highest BCUT2D eigenvalue weighted by atomic mass is 79.9. The largest absolute Gasteiger partial charge is 0.278 e. The van der Waals surface area contributed by atoms with E-state index in [9.17, 15) is 17.2 Å². The Hall–Kier alpha value is -1.54. The SMILES string of the molecule is Cc1ncccc1NS(=O)(=O)c1c(F)cc(F)cc1Br. The van der Waals surface area contributed by atoms with E-state index < -0.39 is 26.6 Å². The van der Waals surface area contributed by atoms with Gasteiger partial charge in [0.05, 0.1) is 11.4 Å². The highest BCUT2D eigenvalue weighted by molar-refractivity contribution is 9.10. The molecule has 0 bridgehead atoms. The second kappa shape index (κ2) is 5.45. The van der Waals surface area contributed by atoms with Crippen molar-refractivity contribution in [3.8, 4) is 0 Å². The first-order chi connectivity index (χ1) is 9.31. The molecule has 0 aliphatic rings. The Balaban J connectivity index is 2.50. The third kappa shape index (κ3) is 2.96. The summed E-state index contributed by atoms with van der Waals surface area (Å²) in [5, 5.41) is 0. The van der Waals surface area contributed by atoms with Crippen LogP contribution in [-0.2, 0) is 10.0 Å². The predicted molar refractivity (Wildman–Crippen MR) is 73.8 cm³/mol. The zero-order chi connectivity index (χ0) is 14.9. The van der Waals surface area contributed by atoms with Crippen LogP contribution in [0, 0.1) is 18.6 Å². The van der Waals surface area contributed by atoms with Crippen LogP contribution in [0.4, 0.5) is 14.5 Å². The standard InChI is InChI=1S/C12H9BrF2N2O2S/c1-7-11(3-2-4-16-7)17-20(18,19)12-9(13)5-8(14)6-10(12)15/h2-6,17H,1H3. The first-order valence-electron chi connectivity index (χ1n) is 5.40. The van der Waals surface area contributed by atoms with Crippen molar-refractivity contribution in [2.24, 2.45) is 0 Å². The summed E-state index contributed by atoms with van der Waals surface area (Å²) >= 11 is 2.85. The summed E-state index contributed by atoms with van der Waals surface area (Å²) in [5.41, 5.74) is 0.665. The summed E-state index contributed by atoms with van der Waals surface area (Å²) in [5.74, 6) is -2.04. The molecule has 0 unspecified atom stereocenters. The van der Waals surface area contributed by atoms with Crippen molar-refractivity contribution in [2.45, 2.75) is 11.8 Å². The lowest BCUT2D eigenvalue weighted by Gasteiger charge is -2.11. The summed E-state index contributed by atoms with van der Waals surface area (Å²) in [7, 11) is -4.19. The number of nitrogens with zero attached hydrogens (tertiary/aromatic N) is 1. The van der Waals surface area contributed by atoms with Crippen LogP contribution in [0.5, 0.6) is 0 Å². The van der Waals surface area contributed by atoms with Gasteiger partial charge >= 0.3 is 0 Å². The second-order valence-electron chi connectivity index (χ2n) is 3.94. The third-order valence-corrected chi connectivity index (χ3v) is 4.81. The number of hydrogen-bond acceptors (Lipinski definition) is 3. The Kier molecular flexibility index (Phi) is 4.05. The minimum atomic E-state index is -4.19. The van der Waals surface area contributed by atoms with E-state index in [2.05, 4.69) is 25.6 Å². The molecule has 106 valence electrons. The summed E-state index contributed by atoms with van der Waals surface area (Å²) in [4.78, 5) is 3.27. The first kappa shape index (κ1) is 14.9. The van der Waals surface area contributed by atoms with Gasteiger partial charge in [0.15, 0.2) is 0 Å². The van der Waals surface area contributed by atoms with E-state index in [4.69, 9.17) is 0 Å². The highest BCUT2D eigenvalue weighted by Gasteiger charge is 2.24. The third-order valence-electron chi connectivity index (χ3n) is 2.48. The van der Waals surface area contributed by atoms with Gasteiger partial charge in [-0.25, -0.2) is 17.2 Å². The maximum Gasteiger partial charge on any atom is 0.266 e. The number of hydrogen-bond donors (Lipinski definition) is 1. The van der Waals surface area contributed by atoms with E-state index in [1.54, 1.807) is 13.0 Å². The fraction of sp³-hybridized carbons (Fsp3) is 0.0833. The highest BCUT2D eigenvalue weighted by Crippen LogP contribution is 2.28. The Bertz CT molecular complexity index is 743. The maximum atomic E-state index is 13.7. The average molecular weight is 363 g/mol. The molecule has 0 aliphatic heterocycles. The summed E-state index contributed by atoms with van der Waals surface area (Å²) in [6.07, 6.45) is 1.50. The maximum absolute atomic E-state index is 13.7. The second-order valence-corrected chi connectivity index (χ2v) is 6.41. The molecule has 0 spiro atoms. The Morgan fingerprint density at radius 1 is 1.30 bits per heavy atom. The molecule has 0 atom stereocenters. The molecule has 0 amide bonds. The lowest BCUT2D eigenvalue weighted by atomic mass is 10.3. The topological polar surface area (TPSA) is 59.1 Å². The fourth-order valence-corrected chi connectivity index (χ4v) is 3.86. The first-order valence-corrected chi connectivity index (χ1v) is 7.68. The molecule has 1 heterocycles. The van der Waals surface area contributed by atoms with Crippen LogP contribution in [0.1, 0.15) is 5.69 Å². The number of aromatic nitrogens is 1. The van der Waals surface area contributed by atoms with Gasteiger partial charge in [0.25, 0.3) is 10.0 Å². The van der Waals surface area contributed by atoms with Gasteiger partial charge in [-0.15, -0.1) is 0 Å². The van der Waals surface area contributed by atoms with Gasteiger partial charge in [-0.3, -0.25) is 9.71 Å². The van der Waals surface area contributed by atoms with Crippen LogP contribution in [0.25, 0.3) is 0 Å². The average Bonchev–Trinajstić information content (AvgIpc) is 2.30. The number of rotatable bonds is 3. The quantitative estimate of drug-likeness (QED) is 0.911. The van der Waals surface area contributed by atoms with E-state index in [-0.39, 0.29) is 10.2 Å². The van der Waals surface area contributed by atoms with Crippen molar-refractivity contribution in [1.82, 2.24) is 4.98 Å². The van der Waals surface area contributed by atoms with Crippen LogP contribution in [-0.4, -0.2) is 13.4 Å². The molecule has 0 saturated carbocycles. The van der Waals surface area contributed by atoms with Gasteiger partial charge < -0.3 is 0 Å². The van der Waals surface area contributed by atoms with Gasteiger partial charge in [-0.1, -0.05) is 0 Å². The molecule has 1 aromatic carbocycles. The Labute approximate surface area is 123 Å². The van der Waals surface area contributed by atoms with Crippen LogP contribution >= 0.6 is 15.9 Å². The van der Waals surface area contributed by atoms with Gasteiger partial charge in [-0.2, -0.15) is 0 Å². The molecular weight excluding hydrogens is 354 g/mol. The number of anilines is 1. The van der Waals surface area contributed by atoms with Crippen molar-refractivity contribution in [2.75, 3.05) is 4.72 Å². The lowest BCUT2D eigenvalue weighted by molar-refractivity contribution is 0.548. The summed E-state index contributed by atoms with van der Waals surface area (Å²) in [6, 6.07) is 4.43. The van der Waals surface area contributed by atoms with E-state index in [1.165, 1.54) is 12.3 Å². The van der Waals surface area contributed by atoms with Crippen molar-refractivity contribution in [1.29, 1.82) is 0 Å². The van der Waals surface area contributed by atoms with E-state index in [1.807, 2.05) is 0 Å². The zero-order valence-electron chi connectivity index (χ0n) is 10.2. The minimum Gasteiger partial charge on any atom is -0.278 e. The summed E-state index contributed by atoms with van der Waals surface area (Å²) < 4.78 is 53.1. The monoisotopic (exact) mass is 362 g/mol. The molecule has 8 heteroatoms. The molecule has 1 aromatic heterocycles. The van der Waals surface area contributed by atoms with Gasteiger partial charge in [0.1, 0.15) is 16.5 Å². The molecule has 0 saturated heterocycles. The molecular formula is C12H9BrF2N2O2S. The van der Waals surface area contributed by atoms with Crippen LogP contribution in [0.2, 0.25) is 0 Å². The van der Waals surface area contributed by atoms with E-state index in [0.717, 1.165) is 6.07 Å². The van der Waals surface area contributed by atoms with Crippen molar-refractivity contribution in [3.05, 3.63) is 52.3 Å². The molecule has 4 nitrogen and oxygen atoms in total. The summed E-state index contributed by atoms with van der Waals surface area (Å²) in [6.45, 7) is 1.61. The van der Waals surface area contributed by atoms with E-state index >= 15 is 0 Å². The minimum absolute atomic E-state index is 0.191. The molecule has 20 heavy (non-hydrogen) atoms. The molecule has 0 radical (unpaired) electrons. The molecule has 2 aromatic rings. The number of aryl methyl sites for hydroxylation is 1. The number of nitrogens with one attached hydrogen (secondary N) is 1. The number of halogens is 3. The van der Waals surface area contributed by atoms with Gasteiger partial charge in [0, 0.05) is 16.7 Å². The number of benzene rings is 1. The van der Waals surface area contributed by atoms with Crippen LogP contribution < -0.4 is 4.72 Å². The molecule has 1 N–H and O–H groups in total. The van der Waals surface area contributed by atoms with Crippen LogP contribution in [0.15, 0.2) is 39.8 Å². The Morgan fingerprint density at radius 2 is 2.00 bits per heavy atom. The normalized spacial score (nSPS) is 11.4. The van der Waals surface area contributed by atoms with Crippen LogP contribution in [0.3, 0.4) is 0 Å². The Morgan fingerprint density at radius 3 is 2.60 bits per heavy atom. The molecule has 0 fully saturated rings. The smallest absolute Gasteiger partial charge is 0.266 e. The van der Waals surface area contributed by atoms with Gasteiger partial charge in [-0.05, 0) is 41.1 Å². The number of pyridine rings is 1. The zero-order valence-corrected chi connectivity index (χ0v) is 12.6. The van der Waals surface area contributed by atoms with Crippen molar-refractivity contribution in [3.63, 3.8) is 0 Å². The lowest BCUT2D eigenvalue weighted by Crippen LogP contribution is -2.16. The van der Waals surface area contributed by atoms with Crippen molar-refractivity contribution < 1.29 is 17.2 Å². The van der Waals surface area contributed by atoms with E-state index in [0.29, 0.717) is 11.8 Å². The predicted octanol–water partition coefficient (Wildman–Crippen LogP) is 3.23. The van der Waals surface area contributed by atoms with Gasteiger partial charge in [0.2, 0.25) is 0 Å². The number of sulfonamides is 1. The molecule has 0 aliphatic carbocycles.